The molecule has 3 aromatic rings. The zero-order valence-corrected chi connectivity index (χ0v) is 14.8. The molecule has 0 atom stereocenters. The van der Waals surface area contributed by atoms with Gasteiger partial charge in [-0.3, -0.25) is 4.79 Å². The molecule has 2 aromatic carbocycles. The Morgan fingerprint density at radius 3 is 2.60 bits per heavy atom. The summed E-state index contributed by atoms with van der Waals surface area (Å²) in [6, 6.07) is 15.8. The molecule has 4 heteroatoms. The molecule has 0 radical (unpaired) electrons. The zero-order valence-electron chi connectivity index (χ0n) is 14.8. The molecule has 0 spiro atoms. The second-order valence-corrected chi connectivity index (χ2v) is 6.28. The lowest BCUT2D eigenvalue weighted by molar-refractivity contribution is -0.116. The average molecular weight is 334 g/mol. The van der Waals surface area contributed by atoms with E-state index in [2.05, 4.69) is 29.4 Å². The van der Waals surface area contributed by atoms with Crippen molar-refractivity contribution in [3.63, 3.8) is 0 Å². The number of aryl methyl sites for hydroxylation is 4. The number of aromatic nitrogens is 1. The minimum absolute atomic E-state index is 0.00146. The van der Waals surface area contributed by atoms with Crippen LogP contribution in [0.5, 0.6) is 0 Å². The average Bonchev–Trinajstić information content (AvgIpc) is 2.93. The normalized spacial score (nSPS) is 10.7. The number of carbonyl (C=O) groups excluding carboxylic acids is 1. The van der Waals surface area contributed by atoms with E-state index in [0.717, 1.165) is 29.1 Å². The largest absolute Gasteiger partial charge is 0.441 e. The molecule has 0 aliphatic carbocycles. The predicted molar refractivity (Wildman–Crippen MR) is 99.5 cm³/mol. The number of rotatable bonds is 5. The van der Waals surface area contributed by atoms with E-state index in [9.17, 15) is 4.79 Å². The Balaban J connectivity index is 1.64. The van der Waals surface area contributed by atoms with Crippen LogP contribution in [0.25, 0.3) is 11.5 Å². The quantitative estimate of drug-likeness (QED) is 0.726. The molecule has 1 heterocycles. The summed E-state index contributed by atoms with van der Waals surface area (Å²) in [5, 5.41) is 2.95. The first kappa shape index (κ1) is 17.0. The fraction of sp³-hybridized carbons (Fsp3) is 0.238. The van der Waals surface area contributed by atoms with Crippen LogP contribution in [0.15, 0.2) is 52.9 Å². The van der Waals surface area contributed by atoms with Crippen LogP contribution in [0.2, 0.25) is 0 Å². The van der Waals surface area contributed by atoms with Crippen LogP contribution >= 0.6 is 0 Å². The third-order valence-corrected chi connectivity index (χ3v) is 4.15. The van der Waals surface area contributed by atoms with Gasteiger partial charge in [-0.05, 0) is 51.0 Å². The summed E-state index contributed by atoms with van der Waals surface area (Å²) in [6.45, 7) is 5.86. The highest BCUT2D eigenvalue weighted by Gasteiger charge is 2.10. The summed E-state index contributed by atoms with van der Waals surface area (Å²) in [4.78, 5) is 16.6. The van der Waals surface area contributed by atoms with Gasteiger partial charge in [0, 0.05) is 17.7 Å². The van der Waals surface area contributed by atoms with Gasteiger partial charge in [0.15, 0.2) is 0 Å². The van der Waals surface area contributed by atoms with Crippen molar-refractivity contribution in [1.82, 2.24) is 4.98 Å². The number of carbonyl (C=O) groups is 1. The Labute approximate surface area is 147 Å². The van der Waals surface area contributed by atoms with Crippen molar-refractivity contribution >= 4 is 11.6 Å². The SMILES string of the molecule is Cc1cccc(CCC(=O)Nc2cccc(-c3nc(C)c(C)o3)c2)c1. The van der Waals surface area contributed by atoms with Crippen LogP contribution in [-0.4, -0.2) is 10.9 Å². The van der Waals surface area contributed by atoms with Gasteiger partial charge in [-0.25, -0.2) is 4.98 Å². The third-order valence-electron chi connectivity index (χ3n) is 4.15. The molecule has 0 aliphatic rings. The van der Waals surface area contributed by atoms with Crippen LogP contribution in [0.4, 0.5) is 5.69 Å². The van der Waals surface area contributed by atoms with E-state index in [1.165, 1.54) is 11.1 Å². The van der Waals surface area contributed by atoms with E-state index in [0.29, 0.717) is 12.3 Å². The molecule has 0 fully saturated rings. The first-order valence-corrected chi connectivity index (χ1v) is 8.41. The molecule has 0 saturated heterocycles. The second kappa shape index (κ2) is 7.34. The third kappa shape index (κ3) is 4.35. The van der Waals surface area contributed by atoms with Gasteiger partial charge in [0.05, 0.1) is 5.69 Å². The Hall–Kier alpha value is -2.88. The van der Waals surface area contributed by atoms with Crippen molar-refractivity contribution in [3.05, 3.63) is 71.1 Å². The minimum atomic E-state index is -0.00146. The maximum absolute atomic E-state index is 12.2. The second-order valence-electron chi connectivity index (χ2n) is 6.28. The molecule has 25 heavy (non-hydrogen) atoms. The zero-order chi connectivity index (χ0) is 17.8. The van der Waals surface area contributed by atoms with Crippen LogP contribution in [0.1, 0.15) is 29.0 Å². The van der Waals surface area contributed by atoms with Crippen molar-refractivity contribution in [2.75, 3.05) is 5.32 Å². The molecule has 1 aromatic heterocycles. The van der Waals surface area contributed by atoms with Crippen LogP contribution in [0.3, 0.4) is 0 Å². The number of nitrogens with zero attached hydrogens (tertiary/aromatic N) is 1. The highest BCUT2D eigenvalue weighted by molar-refractivity contribution is 5.91. The molecular weight excluding hydrogens is 312 g/mol. The molecule has 128 valence electrons. The summed E-state index contributed by atoms with van der Waals surface area (Å²) >= 11 is 0. The molecule has 0 saturated carbocycles. The Kier molecular flexibility index (Phi) is 4.98. The summed E-state index contributed by atoms with van der Waals surface area (Å²) in [5.41, 5.74) is 4.87. The standard InChI is InChI=1S/C21H22N2O2/c1-14-6-4-7-17(12-14)10-11-20(24)23-19-9-5-8-18(13-19)21-22-15(2)16(3)25-21/h4-9,12-13H,10-11H2,1-3H3,(H,23,24). The van der Waals surface area contributed by atoms with Crippen molar-refractivity contribution < 1.29 is 9.21 Å². The van der Waals surface area contributed by atoms with E-state index in [-0.39, 0.29) is 5.91 Å². The lowest BCUT2D eigenvalue weighted by Crippen LogP contribution is -2.12. The summed E-state index contributed by atoms with van der Waals surface area (Å²) in [7, 11) is 0. The first-order valence-electron chi connectivity index (χ1n) is 8.41. The monoisotopic (exact) mass is 334 g/mol. The Morgan fingerprint density at radius 2 is 1.88 bits per heavy atom. The summed E-state index contributed by atoms with van der Waals surface area (Å²) in [6.07, 6.45) is 1.18. The lowest BCUT2D eigenvalue weighted by atomic mass is 10.1. The molecule has 0 bridgehead atoms. The van der Waals surface area contributed by atoms with Crippen molar-refractivity contribution in [1.29, 1.82) is 0 Å². The molecular formula is C21H22N2O2. The molecule has 1 N–H and O–H groups in total. The minimum Gasteiger partial charge on any atom is -0.441 e. The molecule has 0 aliphatic heterocycles. The van der Waals surface area contributed by atoms with Crippen molar-refractivity contribution in [2.24, 2.45) is 0 Å². The van der Waals surface area contributed by atoms with Gasteiger partial charge in [0.2, 0.25) is 11.8 Å². The molecule has 3 rings (SSSR count). The first-order chi connectivity index (χ1) is 12.0. The number of amides is 1. The van der Waals surface area contributed by atoms with Gasteiger partial charge in [-0.15, -0.1) is 0 Å². The van der Waals surface area contributed by atoms with E-state index >= 15 is 0 Å². The fourth-order valence-corrected chi connectivity index (χ4v) is 2.68. The van der Waals surface area contributed by atoms with Gasteiger partial charge in [0.25, 0.3) is 0 Å². The number of nitrogens with one attached hydrogen (secondary N) is 1. The highest BCUT2D eigenvalue weighted by atomic mass is 16.4. The number of anilines is 1. The smallest absolute Gasteiger partial charge is 0.226 e. The van der Waals surface area contributed by atoms with Crippen LogP contribution in [-0.2, 0) is 11.2 Å². The van der Waals surface area contributed by atoms with Crippen LogP contribution in [0, 0.1) is 20.8 Å². The fourth-order valence-electron chi connectivity index (χ4n) is 2.68. The summed E-state index contributed by atoms with van der Waals surface area (Å²) < 4.78 is 5.65. The van der Waals surface area contributed by atoms with Gasteiger partial charge in [-0.2, -0.15) is 0 Å². The Bertz CT molecular complexity index is 877. The van der Waals surface area contributed by atoms with E-state index < -0.39 is 0 Å². The lowest BCUT2D eigenvalue weighted by Gasteiger charge is -2.07. The van der Waals surface area contributed by atoms with Crippen molar-refractivity contribution in [2.45, 2.75) is 33.6 Å². The van der Waals surface area contributed by atoms with E-state index in [4.69, 9.17) is 4.42 Å². The number of oxazole rings is 1. The van der Waals surface area contributed by atoms with Crippen LogP contribution < -0.4 is 5.32 Å². The molecule has 4 nitrogen and oxygen atoms in total. The van der Waals surface area contributed by atoms with Gasteiger partial charge >= 0.3 is 0 Å². The maximum atomic E-state index is 12.2. The van der Waals surface area contributed by atoms with Gasteiger partial charge < -0.3 is 9.73 Å². The highest BCUT2D eigenvalue weighted by Crippen LogP contribution is 2.24. The van der Waals surface area contributed by atoms with Gasteiger partial charge in [0.1, 0.15) is 5.76 Å². The number of hydrogen-bond acceptors (Lipinski definition) is 3. The van der Waals surface area contributed by atoms with Crippen molar-refractivity contribution in [3.8, 4) is 11.5 Å². The topological polar surface area (TPSA) is 55.1 Å². The number of hydrogen-bond donors (Lipinski definition) is 1. The molecule has 0 unspecified atom stereocenters. The predicted octanol–water partition coefficient (Wildman–Crippen LogP) is 4.84. The Morgan fingerprint density at radius 1 is 1.08 bits per heavy atom. The van der Waals surface area contributed by atoms with E-state index in [1.54, 1.807) is 0 Å². The van der Waals surface area contributed by atoms with E-state index in [1.807, 2.05) is 50.2 Å². The maximum Gasteiger partial charge on any atom is 0.226 e. The molecule has 1 amide bonds. The number of benzene rings is 2. The van der Waals surface area contributed by atoms with Gasteiger partial charge in [-0.1, -0.05) is 35.9 Å². The summed E-state index contributed by atoms with van der Waals surface area (Å²) in [5.74, 6) is 1.38.